The molecular formula is C19H19BrFN3O3. The van der Waals surface area contributed by atoms with Gasteiger partial charge in [-0.25, -0.2) is 9.18 Å². The number of anilines is 2. The van der Waals surface area contributed by atoms with Gasteiger partial charge in [-0.1, -0.05) is 6.07 Å². The minimum absolute atomic E-state index is 0.0292. The van der Waals surface area contributed by atoms with Crippen molar-refractivity contribution in [1.82, 2.24) is 5.32 Å². The Morgan fingerprint density at radius 1 is 1.37 bits per heavy atom. The molecule has 1 aliphatic heterocycles. The molecule has 2 atom stereocenters. The van der Waals surface area contributed by atoms with Gasteiger partial charge in [-0.05, 0) is 66.2 Å². The van der Waals surface area contributed by atoms with Crippen molar-refractivity contribution in [2.24, 2.45) is 0 Å². The van der Waals surface area contributed by atoms with Crippen LogP contribution in [0.5, 0.6) is 5.75 Å². The number of benzene rings is 2. The van der Waals surface area contributed by atoms with Crippen molar-refractivity contribution in [3.8, 4) is 5.75 Å². The fraction of sp³-hybridized carbons (Fsp3) is 0.263. The van der Waals surface area contributed by atoms with Crippen molar-refractivity contribution in [3.63, 3.8) is 0 Å². The first-order valence-electron chi connectivity index (χ1n) is 8.45. The van der Waals surface area contributed by atoms with E-state index in [2.05, 4.69) is 26.6 Å². The van der Waals surface area contributed by atoms with Gasteiger partial charge in [0.05, 0.1) is 10.5 Å². The van der Waals surface area contributed by atoms with E-state index in [9.17, 15) is 14.0 Å². The third-order valence-corrected chi connectivity index (χ3v) is 4.79. The van der Waals surface area contributed by atoms with Crippen LogP contribution in [-0.2, 0) is 4.79 Å². The summed E-state index contributed by atoms with van der Waals surface area (Å²) in [5.41, 5.74) is 1.25. The maximum atomic E-state index is 13.2. The van der Waals surface area contributed by atoms with Crippen molar-refractivity contribution in [2.75, 3.05) is 16.8 Å². The van der Waals surface area contributed by atoms with E-state index in [4.69, 9.17) is 4.74 Å². The van der Waals surface area contributed by atoms with E-state index < -0.39 is 11.9 Å². The number of urea groups is 1. The van der Waals surface area contributed by atoms with Crippen LogP contribution in [0.1, 0.15) is 13.8 Å². The van der Waals surface area contributed by atoms with Gasteiger partial charge in [0.25, 0.3) is 5.91 Å². The SMILES string of the molecule is CC(Oc1ccc(F)cc1Br)C(=O)Nc1cccc(N2C(=O)NCC2C)c1. The van der Waals surface area contributed by atoms with Crippen molar-refractivity contribution >= 4 is 39.2 Å². The Balaban J connectivity index is 1.68. The fourth-order valence-corrected chi connectivity index (χ4v) is 3.22. The van der Waals surface area contributed by atoms with E-state index in [1.54, 1.807) is 30.0 Å². The molecular weight excluding hydrogens is 417 g/mol. The van der Waals surface area contributed by atoms with Gasteiger partial charge in [-0.2, -0.15) is 0 Å². The molecule has 2 N–H and O–H groups in total. The lowest BCUT2D eigenvalue weighted by Gasteiger charge is -2.21. The molecule has 6 nitrogen and oxygen atoms in total. The Morgan fingerprint density at radius 2 is 2.15 bits per heavy atom. The van der Waals surface area contributed by atoms with Crippen LogP contribution >= 0.6 is 15.9 Å². The Morgan fingerprint density at radius 3 is 2.81 bits per heavy atom. The highest BCUT2D eigenvalue weighted by molar-refractivity contribution is 9.10. The van der Waals surface area contributed by atoms with Gasteiger partial charge in [0.2, 0.25) is 0 Å². The van der Waals surface area contributed by atoms with Gasteiger partial charge in [0, 0.05) is 17.9 Å². The van der Waals surface area contributed by atoms with Crippen LogP contribution < -0.4 is 20.3 Å². The number of rotatable bonds is 5. The van der Waals surface area contributed by atoms with E-state index in [-0.39, 0.29) is 18.0 Å². The first kappa shape index (κ1) is 19.2. The van der Waals surface area contributed by atoms with E-state index in [0.717, 1.165) is 0 Å². The Kier molecular flexibility index (Phi) is 5.65. The smallest absolute Gasteiger partial charge is 0.322 e. The molecule has 0 radical (unpaired) electrons. The number of ether oxygens (including phenoxy) is 1. The van der Waals surface area contributed by atoms with Gasteiger partial charge >= 0.3 is 6.03 Å². The normalized spacial score (nSPS) is 17.4. The molecule has 0 saturated carbocycles. The number of nitrogens with zero attached hydrogens (tertiary/aromatic N) is 1. The zero-order valence-electron chi connectivity index (χ0n) is 14.8. The van der Waals surface area contributed by atoms with Crippen LogP contribution in [-0.4, -0.2) is 30.6 Å². The third kappa shape index (κ3) is 4.39. The predicted molar refractivity (Wildman–Crippen MR) is 105 cm³/mol. The molecule has 0 bridgehead atoms. The molecule has 3 amide bonds. The quantitative estimate of drug-likeness (QED) is 0.747. The van der Waals surface area contributed by atoms with Crippen molar-refractivity contribution < 1.29 is 18.7 Å². The van der Waals surface area contributed by atoms with Crippen LogP contribution in [0.4, 0.5) is 20.6 Å². The van der Waals surface area contributed by atoms with Crippen LogP contribution in [0.25, 0.3) is 0 Å². The lowest BCUT2D eigenvalue weighted by atomic mass is 10.2. The lowest BCUT2D eigenvalue weighted by molar-refractivity contribution is -0.122. The molecule has 1 heterocycles. The monoisotopic (exact) mass is 435 g/mol. The van der Waals surface area contributed by atoms with E-state index in [0.29, 0.717) is 28.1 Å². The van der Waals surface area contributed by atoms with Gasteiger partial charge in [-0.15, -0.1) is 0 Å². The third-order valence-electron chi connectivity index (χ3n) is 4.17. The van der Waals surface area contributed by atoms with Crippen LogP contribution in [0.15, 0.2) is 46.9 Å². The van der Waals surface area contributed by atoms with Crippen LogP contribution in [0.3, 0.4) is 0 Å². The van der Waals surface area contributed by atoms with Crippen LogP contribution in [0, 0.1) is 5.82 Å². The lowest BCUT2D eigenvalue weighted by Crippen LogP contribution is -2.32. The maximum Gasteiger partial charge on any atom is 0.322 e. The highest BCUT2D eigenvalue weighted by Gasteiger charge is 2.28. The highest BCUT2D eigenvalue weighted by atomic mass is 79.9. The largest absolute Gasteiger partial charge is 0.480 e. The Bertz CT molecular complexity index is 877. The zero-order chi connectivity index (χ0) is 19.6. The predicted octanol–water partition coefficient (Wildman–Crippen LogP) is 3.91. The Labute approximate surface area is 164 Å². The number of hydrogen-bond acceptors (Lipinski definition) is 3. The molecule has 2 aromatic carbocycles. The molecule has 0 aromatic heterocycles. The first-order valence-corrected chi connectivity index (χ1v) is 9.24. The summed E-state index contributed by atoms with van der Waals surface area (Å²) in [4.78, 5) is 26.0. The van der Waals surface area contributed by atoms with E-state index >= 15 is 0 Å². The molecule has 0 aliphatic carbocycles. The summed E-state index contributed by atoms with van der Waals surface area (Å²) in [6, 6.07) is 10.9. The number of amides is 3. The number of halogens is 2. The number of nitrogens with one attached hydrogen (secondary N) is 2. The van der Waals surface area contributed by atoms with Gasteiger partial charge < -0.3 is 15.4 Å². The molecule has 1 fully saturated rings. The molecule has 1 aliphatic rings. The molecule has 27 heavy (non-hydrogen) atoms. The second-order valence-corrected chi connectivity index (χ2v) is 7.13. The van der Waals surface area contributed by atoms with E-state index in [1.807, 2.05) is 13.0 Å². The van der Waals surface area contributed by atoms with Gasteiger partial charge in [0.1, 0.15) is 11.6 Å². The maximum absolute atomic E-state index is 13.2. The summed E-state index contributed by atoms with van der Waals surface area (Å²) in [6.45, 7) is 4.12. The van der Waals surface area contributed by atoms with Gasteiger partial charge in [-0.3, -0.25) is 9.69 Å². The van der Waals surface area contributed by atoms with Crippen molar-refractivity contribution in [2.45, 2.75) is 26.0 Å². The number of carbonyl (C=O) groups is 2. The van der Waals surface area contributed by atoms with Crippen molar-refractivity contribution in [3.05, 3.63) is 52.8 Å². The first-order chi connectivity index (χ1) is 12.8. The molecule has 3 rings (SSSR count). The standard InChI is InChI=1S/C19H19BrFN3O3/c1-11-10-22-19(26)24(11)15-5-3-4-14(9-15)23-18(25)12(2)27-17-7-6-13(21)8-16(17)20/h3-9,11-12H,10H2,1-2H3,(H,22,26)(H,23,25). The van der Waals surface area contributed by atoms with Gasteiger partial charge in [0.15, 0.2) is 6.10 Å². The summed E-state index contributed by atoms with van der Waals surface area (Å²) in [5.74, 6) is -0.388. The highest BCUT2D eigenvalue weighted by Crippen LogP contribution is 2.27. The van der Waals surface area contributed by atoms with E-state index in [1.165, 1.54) is 18.2 Å². The zero-order valence-corrected chi connectivity index (χ0v) is 16.4. The summed E-state index contributed by atoms with van der Waals surface area (Å²) in [5, 5.41) is 5.56. The second kappa shape index (κ2) is 7.96. The number of carbonyl (C=O) groups excluding carboxylic acids is 2. The van der Waals surface area contributed by atoms with Crippen molar-refractivity contribution in [1.29, 1.82) is 0 Å². The summed E-state index contributed by atoms with van der Waals surface area (Å²) in [7, 11) is 0. The number of hydrogen-bond donors (Lipinski definition) is 2. The average Bonchev–Trinajstić information content (AvgIpc) is 2.96. The minimum atomic E-state index is -0.801. The summed E-state index contributed by atoms with van der Waals surface area (Å²) in [6.07, 6.45) is -0.801. The van der Waals surface area contributed by atoms with Crippen LogP contribution in [0.2, 0.25) is 0 Å². The molecule has 8 heteroatoms. The summed E-state index contributed by atoms with van der Waals surface area (Å²) >= 11 is 3.21. The average molecular weight is 436 g/mol. The molecule has 2 aromatic rings. The molecule has 142 valence electrons. The second-order valence-electron chi connectivity index (χ2n) is 6.28. The summed E-state index contributed by atoms with van der Waals surface area (Å²) < 4.78 is 19.2. The molecule has 1 saturated heterocycles. The molecule has 2 unspecified atom stereocenters. The Hall–Kier alpha value is -2.61. The minimum Gasteiger partial charge on any atom is -0.480 e. The molecule has 0 spiro atoms. The topological polar surface area (TPSA) is 70.7 Å². The fourth-order valence-electron chi connectivity index (χ4n) is 2.78.